The SMILES string of the molecule is Cn1ccc(NC(=O)C=Cc2ccccc2)n1. The van der Waals surface area contributed by atoms with E-state index >= 15 is 0 Å². The van der Waals surface area contributed by atoms with Crippen LogP contribution < -0.4 is 5.32 Å². The van der Waals surface area contributed by atoms with Crippen LogP contribution in [0.25, 0.3) is 6.08 Å². The van der Waals surface area contributed by atoms with Crippen molar-refractivity contribution in [2.75, 3.05) is 5.32 Å². The summed E-state index contributed by atoms with van der Waals surface area (Å²) in [6, 6.07) is 11.4. The number of nitrogens with zero attached hydrogens (tertiary/aromatic N) is 2. The van der Waals surface area contributed by atoms with Gasteiger partial charge < -0.3 is 5.32 Å². The van der Waals surface area contributed by atoms with Crippen LogP contribution >= 0.6 is 0 Å². The van der Waals surface area contributed by atoms with E-state index in [0.29, 0.717) is 5.82 Å². The molecule has 4 nitrogen and oxygen atoms in total. The van der Waals surface area contributed by atoms with Crippen LogP contribution in [0.2, 0.25) is 0 Å². The highest BCUT2D eigenvalue weighted by atomic mass is 16.1. The van der Waals surface area contributed by atoms with Gasteiger partial charge in [-0.3, -0.25) is 9.48 Å². The standard InChI is InChI=1S/C13H13N3O/c1-16-10-9-12(15-16)14-13(17)8-7-11-5-3-2-4-6-11/h2-10H,1H3,(H,14,15,17). The molecule has 0 spiro atoms. The number of hydrogen-bond acceptors (Lipinski definition) is 2. The van der Waals surface area contributed by atoms with E-state index in [4.69, 9.17) is 0 Å². The van der Waals surface area contributed by atoms with E-state index in [2.05, 4.69) is 10.4 Å². The van der Waals surface area contributed by atoms with Gasteiger partial charge in [0.15, 0.2) is 5.82 Å². The molecule has 0 saturated carbocycles. The third kappa shape index (κ3) is 3.31. The molecule has 0 aliphatic heterocycles. The van der Waals surface area contributed by atoms with E-state index in [0.717, 1.165) is 5.56 Å². The summed E-state index contributed by atoms with van der Waals surface area (Å²) in [5, 5.41) is 6.73. The molecule has 1 N–H and O–H groups in total. The van der Waals surface area contributed by atoms with Gasteiger partial charge in [-0.25, -0.2) is 0 Å². The first-order chi connectivity index (χ1) is 8.24. The van der Waals surface area contributed by atoms with E-state index in [1.807, 2.05) is 30.3 Å². The zero-order valence-electron chi connectivity index (χ0n) is 9.50. The molecule has 2 rings (SSSR count). The summed E-state index contributed by atoms with van der Waals surface area (Å²) in [4.78, 5) is 11.5. The summed E-state index contributed by atoms with van der Waals surface area (Å²) in [5.74, 6) is 0.364. The number of benzene rings is 1. The molecule has 4 heteroatoms. The lowest BCUT2D eigenvalue weighted by molar-refractivity contribution is -0.111. The van der Waals surface area contributed by atoms with E-state index in [1.165, 1.54) is 6.08 Å². The summed E-state index contributed by atoms with van der Waals surface area (Å²) in [6.07, 6.45) is 5.03. The second-order valence-electron chi connectivity index (χ2n) is 3.61. The second kappa shape index (κ2) is 5.12. The first-order valence-electron chi connectivity index (χ1n) is 5.28. The van der Waals surface area contributed by atoms with Crippen molar-refractivity contribution in [3.8, 4) is 0 Å². The fraction of sp³-hybridized carbons (Fsp3) is 0.0769. The molecular formula is C13H13N3O. The minimum absolute atomic E-state index is 0.187. The topological polar surface area (TPSA) is 46.9 Å². The molecule has 1 aromatic heterocycles. The Morgan fingerprint density at radius 3 is 2.71 bits per heavy atom. The van der Waals surface area contributed by atoms with Crippen LogP contribution in [0.15, 0.2) is 48.7 Å². The highest BCUT2D eigenvalue weighted by Gasteiger charge is 1.99. The molecule has 0 unspecified atom stereocenters. The van der Waals surface area contributed by atoms with Gasteiger partial charge in [0, 0.05) is 25.4 Å². The minimum atomic E-state index is -0.187. The predicted molar refractivity (Wildman–Crippen MR) is 67.3 cm³/mol. The number of nitrogens with one attached hydrogen (secondary N) is 1. The van der Waals surface area contributed by atoms with Gasteiger partial charge >= 0.3 is 0 Å². The van der Waals surface area contributed by atoms with Crippen molar-refractivity contribution in [2.45, 2.75) is 0 Å². The second-order valence-corrected chi connectivity index (χ2v) is 3.61. The number of carbonyl (C=O) groups is 1. The van der Waals surface area contributed by atoms with Gasteiger partial charge in [-0.1, -0.05) is 30.3 Å². The van der Waals surface area contributed by atoms with Crippen LogP contribution in [0.4, 0.5) is 5.82 Å². The normalized spacial score (nSPS) is 10.6. The van der Waals surface area contributed by atoms with Crippen molar-refractivity contribution < 1.29 is 4.79 Å². The molecule has 0 atom stereocenters. The summed E-state index contributed by atoms with van der Waals surface area (Å²) in [6.45, 7) is 0. The predicted octanol–water partition coefficient (Wildman–Crippen LogP) is 2.07. The average Bonchev–Trinajstić information content (AvgIpc) is 2.73. The largest absolute Gasteiger partial charge is 0.306 e. The fourth-order valence-corrected chi connectivity index (χ4v) is 1.39. The molecule has 0 fully saturated rings. The first-order valence-corrected chi connectivity index (χ1v) is 5.28. The maximum Gasteiger partial charge on any atom is 0.249 e. The molecule has 0 saturated heterocycles. The summed E-state index contributed by atoms with van der Waals surface area (Å²) in [5.41, 5.74) is 0.990. The van der Waals surface area contributed by atoms with E-state index in [1.54, 1.807) is 30.1 Å². The van der Waals surface area contributed by atoms with E-state index < -0.39 is 0 Å². The van der Waals surface area contributed by atoms with Crippen molar-refractivity contribution >= 4 is 17.8 Å². The Morgan fingerprint density at radius 2 is 2.06 bits per heavy atom. The lowest BCUT2D eigenvalue weighted by Crippen LogP contribution is -2.08. The van der Waals surface area contributed by atoms with Gasteiger partial charge in [0.1, 0.15) is 0 Å². The number of carbonyl (C=O) groups excluding carboxylic acids is 1. The lowest BCUT2D eigenvalue weighted by Gasteiger charge is -1.96. The Bertz CT molecular complexity index is 529. The zero-order valence-corrected chi connectivity index (χ0v) is 9.50. The summed E-state index contributed by atoms with van der Waals surface area (Å²) in [7, 11) is 1.80. The van der Waals surface area contributed by atoms with Crippen molar-refractivity contribution in [3.63, 3.8) is 0 Å². The number of hydrogen-bond donors (Lipinski definition) is 1. The van der Waals surface area contributed by atoms with E-state index in [9.17, 15) is 4.79 Å². The quantitative estimate of drug-likeness (QED) is 0.816. The maximum absolute atomic E-state index is 11.5. The molecule has 2 aromatic rings. The zero-order chi connectivity index (χ0) is 12.1. The van der Waals surface area contributed by atoms with Crippen LogP contribution in [-0.4, -0.2) is 15.7 Å². The Hall–Kier alpha value is -2.36. The van der Waals surface area contributed by atoms with Crippen molar-refractivity contribution in [1.82, 2.24) is 9.78 Å². The molecule has 1 heterocycles. The lowest BCUT2D eigenvalue weighted by atomic mass is 10.2. The van der Waals surface area contributed by atoms with Crippen molar-refractivity contribution in [2.24, 2.45) is 7.05 Å². The number of amides is 1. The monoisotopic (exact) mass is 227 g/mol. The molecule has 1 amide bonds. The third-order valence-electron chi connectivity index (χ3n) is 2.19. The van der Waals surface area contributed by atoms with Crippen molar-refractivity contribution in [1.29, 1.82) is 0 Å². The highest BCUT2D eigenvalue weighted by Crippen LogP contribution is 2.03. The van der Waals surface area contributed by atoms with Crippen molar-refractivity contribution in [3.05, 3.63) is 54.2 Å². The third-order valence-corrected chi connectivity index (χ3v) is 2.19. The van der Waals surface area contributed by atoms with Gasteiger partial charge in [0.25, 0.3) is 0 Å². The molecule has 17 heavy (non-hydrogen) atoms. The molecule has 0 bridgehead atoms. The van der Waals surface area contributed by atoms with Gasteiger partial charge in [-0.05, 0) is 11.6 Å². The summed E-state index contributed by atoms with van der Waals surface area (Å²) < 4.78 is 1.64. The number of aromatic nitrogens is 2. The number of rotatable bonds is 3. The minimum Gasteiger partial charge on any atom is -0.306 e. The van der Waals surface area contributed by atoms with Crippen LogP contribution in [0.3, 0.4) is 0 Å². The van der Waals surface area contributed by atoms with Gasteiger partial charge in [0.05, 0.1) is 0 Å². The fourth-order valence-electron chi connectivity index (χ4n) is 1.39. The Balaban J connectivity index is 1.96. The highest BCUT2D eigenvalue weighted by molar-refractivity contribution is 6.01. The average molecular weight is 227 g/mol. The van der Waals surface area contributed by atoms with Gasteiger partial charge in [-0.15, -0.1) is 0 Å². The van der Waals surface area contributed by atoms with E-state index in [-0.39, 0.29) is 5.91 Å². The Kier molecular flexibility index (Phi) is 3.35. The number of aryl methyl sites for hydroxylation is 1. The molecule has 0 aliphatic carbocycles. The van der Waals surface area contributed by atoms with Crippen LogP contribution in [0, 0.1) is 0 Å². The van der Waals surface area contributed by atoms with Crippen LogP contribution in [-0.2, 0) is 11.8 Å². The summed E-state index contributed by atoms with van der Waals surface area (Å²) >= 11 is 0. The molecular weight excluding hydrogens is 214 g/mol. The smallest absolute Gasteiger partial charge is 0.249 e. The molecule has 86 valence electrons. The Morgan fingerprint density at radius 1 is 1.29 bits per heavy atom. The molecule has 0 aliphatic rings. The first kappa shape index (κ1) is 11.1. The molecule has 1 aromatic carbocycles. The Labute approximate surface area is 99.6 Å². The molecule has 0 radical (unpaired) electrons. The van der Waals surface area contributed by atoms with Crippen LogP contribution in [0.5, 0.6) is 0 Å². The van der Waals surface area contributed by atoms with Gasteiger partial charge in [0.2, 0.25) is 5.91 Å². The van der Waals surface area contributed by atoms with Crippen LogP contribution in [0.1, 0.15) is 5.56 Å². The number of anilines is 1. The maximum atomic E-state index is 11.5. The van der Waals surface area contributed by atoms with Gasteiger partial charge in [-0.2, -0.15) is 5.10 Å².